The zero-order valence-electron chi connectivity index (χ0n) is 19.1. The van der Waals surface area contributed by atoms with Crippen molar-refractivity contribution in [3.8, 4) is 0 Å². The molecule has 0 spiro atoms. The highest BCUT2D eigenvalue weighted by molar-refractivity contribution is 14.1. The molecule has 1 heterocycles. The summed E-state index contributed by atoms with van der Waals surface area (Å²) in [7, 11) is 0. The maximum Gasteiger partial charge on any atom is 0.420 e. The topological polar surface area (TPSA) is 109 Å². The molecule has 1 aromatic rings. The lowest BCUT2D eigenvalue weighted by Gasteiger charge is -2.26. The molecule has 1 rings (SSSR count). The summed E-state index contributed by atoms with van der Waals surface area (Å²) in [6, 6.07) is -1.04. The summed E-state index contributed by atoms with van der Waals surface area (Å²) in [4.78, 5) is 41.5. The van der Waals surface area contributed by atoms with E-state index in [0.29, 0.717) is 9.53 Å². The average molecular weight is 537 g/mol. The molecule has 0 saturated heterocycles. The Morgan fingerprint density at radius 2 is 1.47 bits per heavy atom. The lowest BCUT2D eigenvalue weighted by molar-refractivity contribution is -0.157. The smallest absolute Gasteiger partial charge is 0.420 e. The molecule has 0 aromatic carbocycles. The molecular weight excluding hydrogens is 505 g/mol. The third-order valence-electron chi connectivity index (χ3n) is 3.10. The Morgan fingerprint density at radius 3 is 1.93 bits per heavy atom. The Hall–Kier alpha value is -1.85. The quantitative estimate of drug-likeness (QED) is 0.351. The molecule has 10 heteroatoms. The Bertz CT molecular complexity index is 784. The first kappa shape index (κ1) is 26.2. The highest BCUT2D eigenvalue weighted by atomic mass is 127. The summed E-state index contributed by atoms with van der Waals surface area (Å²) in [5.74, 6) is -0.629. The molecule has 9 nitrogen and oxygen atoms in total. The number of imidazole rings is 1. The minimum Gasteiger partial charge on any atom is -0.458 e. The Morgan fingerprint density at radius 1 is 0.967 bits per heavy atom. The molecular formula is C20H32IN3O6. The largest absolute Gasteiger partial charge is 0.458 e. The minimum absolute atomic E-state index is 0.0138. The first-order chi connectivity index (χ1) is 13.4. The van der Waals surface area contributed by atoms with Gasteiger partial charge in [-0.3, -0.25) is 0 Å². The van der Waals surface area contributed by atoms with Crippen molar-refractivity contribution in [2.24, 2.45) is 0 Å². The average Bonchev–Trinajstić information content (AvgIpc) is 2.81. The van der Waals surface area contributed by atoms with Crippen LogP contribution in [0.2, 0.25) is 0 Å². The van der Waals surface area contributed by atoms with E-state index in [4.69, 9.17) is 14.2 Å². The summed E-state index contributed by atoms with van der Waals surface area (Å²) < 4.78 is 17.6. The number of esters is 1. The Balaban J connectivity index is 3.06. The molecule has 170 valence electrons. The number of carbonyl (C=O) groups excluding carboxylic acids is 3. The van der Waals surface area contributed by atoms with E-state index >= 15 is 0 Å². The zero-order chi connectivity index (χ0) is 23.5. The van der Waals surface area contributed by atoms with Gasteiger partial charge in [0.05, 0.1) is 5.69 Å². The van der Waals surface area contributed by atoms with Crippen LogP contribution >= 0.6 is 22.6 Å². The molecule has 0 bridgehead atoms. The van der Waals surface area contributed by atoms with Crippen molar-refractivity contribution in [1.82, 2.24) is 14.9 Å². The van der Waals surface area contributed by atoms with Crippen LogP contribution in [0.5, 0.6) is 0 Å². The van der Waals surface area contributed by atoms with Gasteiger partial charge in [0.1, 0.15) is 22.8 Å². The van der Waals surface area contributed by atoms with E-state index in [1.807, 2.05) is 22.6 Å². The van der Waals surface area contributed by atoms with E-state index in [1.165, 1.54) is 10.8 Å². The Kier molecular flexibility index (Phi) is 8.31. The van der Waals surface area contributed by atoms with Gasteiger partial charge in [-0.25, -0.2) is 23.9 Å². The summed E-state index contributed by atoms with van der Waals surface area (Å²) in [5.41, 5.74) is -1.72. The van der Waals surface area contributed by atoms with Crippen molar-refractivity contribution in [3.05, 3.63) is 15.7 Å². The molecule has 1 N–H and O–H groups in total. The van der Waals surface area contributed by atoms with Gasteiger partial charge in [-0.2, -0.15) is 0 Å². The molecule has 1 aromatic heterocycles. The van der Waals surface area contributed by atoms with Gasteiger partial charge in [-0.15, -0.1) is 0 Å². The molecule has 1 amide bonds. The molecule has 0 fully saturated rings. The van der Waals surface area contributed by atoms with Crippen LogP contribution in [-0.2, 0) is 25.4 Å². The van der Waals surface area contributed by atoms with Crippen LogP contribution in [0.1, 0.15) is 68.0 Å². The predicted molar refractivity (Wildman–Crippen MR) is 119 cm³/mol. The minimum atomic E-state index is -1.04. The highest BCUT2D eigenvalue weighted by Crippen LogP contribution is 2.16. The second-order valence-electron chi connectivity index (χ2n) is 9.79. The first-order valence-electron chi connectivity index (χ1n) is 9.56. The number of aromatic nitrogens is 2. The number of ether oxygens (including phenoxy) is 3. The fourth-order valence-electron chi connectivity index (χ4n) is 2.17. The third kappa shape index (κ3) is 9.77. The predicted octanol–water partition coefficient (Wildman–Crippen LogP) is 4.05. The summed E-state index contributed by atoms with van der Waals surface area (Å²) >= 11 is 1.90. The van der Waals surface area contributed by atoms with Crippen molar-refractivity contribution >= 4 is 40.7 Å². The van der Waals surface area contributed by atoms with Crippen LogP contribution in [0.15, 0.2) is 6.20 Å². The second kappa shape index (κ2) is 9.52. The van der Waals surface area contributed by atoms with E-state index in [1.54, 1.807) is 62.3 Å². The van der Waals surface area contributed by atoms with Crippen LogP contribution < -0.4 is 5.32 Å². The van der Waals surface area contributed by atoms with E-state index < -0.39 is 41.0 Å². The molecule has 1 atom stereocenters. The normalized spacial score (nSPS) is 13.4. The first-order valence-corrected chi connectivity index (χ1v) is 10.6. The number of rotatable bonds is 4. The number of nitrogens with zero attached hydrogens (tertiary/aromatic N) is 2. The molecule has 0 aliphatic heterocycles. The van der Waals surface area contributed by atoms with E-state index in [2.05, 4.69) is 10.3 Å². The van der Waals surface area contributed by atoms with Crippen LogP contribution in [0.25, 0.3) is 0 Å². The summed E-state index contributed by atoms with van der Waals surface area (Å²) in [5, 5.41) is 2.54. The zero-order valence-corrected chi connectivity index (χ0v) is 21.2. The van der Waals surface area contributed by atoms with Crippen molar-refractivity contribution < 1.29 is 28.6 Å². The van der Waals surface area contributed by atoms with Crippen LogP contribution in [0.3, 0.4) is 0 Å². The van der Waals surface area contributed by atoms with Gasteiger partial charge in [-0.1, -0.05) is 0 Å². The van der Waals surface area contributed by atoms with Crippen molar-refractivity contribution in [2.45, 2.75) is 91.6 Å². The van der Waals surface area contributed by atoms with Crippen LogP contribution in [-0.4, -0.2) is 50.6 Å². The van der Waals surface area contributed by atoms with Crippen molar-refractivity contribution in [2.75, 3.05) is 0 Å². The SMILES string of the molecule is CC(C)(C)OC(=O)N[C@@H](Cc1cn(C(=O)OC(C)(C)C)c(I)n1)C(=O)OC(C)(C)C. The number of halogens is 1. The summed E-state index contributed by atoms with van der Waals surface area (Å²) in [6.07, 6.45) is 0.156. The standard InChI is InChI=1S/C20H32IN3O6/c1-18(2,3)28-14(25)13(23-16(26)29-19(4,5)6)10-12-11-24(15(21)22-12)17(27)30-20(7,8)9/h11,13H,10H2,1-9H3,(H,23,26)/t13-/m0/s1. The highest BCUT2D eigenvalue weighted by Gasteiger charge is 2.30. The molecule has 0 unspecified atom stereocenters. The number of nitrogens with one attached hydrogen (secondary N) is 1. The van der Waals surface area contributed by atoms with Gasteiger partial charge in [0.2, 0.25) is 0 Å². The van der Waals surface area contributed by atoms with Crippen LogP contribution in [0.4, 0.5) is 9.59 Å². The van der Waals surface area contributed by atoms with E-state index in [9.17, 15) is 14.4 Å². The van der Waals surface area contributed by atoms with Gasteiger partial charge in [0, 0.05) is 35.2 Å². The monoisotopic (exact) mass is 537 g/mol. The lowest BCUT2D eigenvalue weighted by Crippen LogP contribution is -2.47. The molecule has 0 saturated carbocycles. The number of carbonyl (C=O) groups is 3. The van der Waals surface area contributed by atoms with E-state index in [0.717, 1.165) is 0 Å². The van der Waals surface area contributed by atoms with Gasteiger partial charge in [0.15, 0.2) is 3.83 Å². The number of hydrogen-bond donors (Lipinski definition) is 1. The van der Waals surface area contributed by atoms with Gasteiger partial charge < -0.3 is 19.5 Å². The van der Waals surface area contributed by atoms with Crippen molar-refractivity contribution in [3.63, 3.8) is 0 Å². The molecule has 0 aliphatic carbocycles. The maximum absolute atomic E-state index is 12.7. The van der Waals surface area contributed by atoms with Crippen LogP contribution in [0, 0.1) is 3.83 Å². The van der Waals surface area contributed by atoms with Gasteiger partial charge in [0.25, 0.3) is 0 Å². The number of hydrogen-bond acceptors (Lipinski definition) is 7. The molecule has 0 radical (unpaired) electrons. The Labute approximate surface area is 191 Å². The second-order valence-corrected chi connectivity index (χ2v) is 10.8. The van der Waals surface area contributed by atoms with Crippen molar-refractivity contribution in [1.29, 1.82) is 0 Å². The fraction of sp³-hybridized carbons (Fsp3) is 0.700. The molecule has 0 aliphatic rings. The lowest BCUT2D eigenvalue weighted by atomic mass is 10.1. The van der Waals surface area contributed by atoms with Gasteiger partial charge in [-0.05, 0) is 62.3 Å². The third-order valence-corrected chi connectivity index (χ3v) is 3.86. The van der Waals surface area contributed by atoms with Gasteiger partial charge >= 0.3 is 18.2 Å². The number of alkyl carbamates (subject to hydrolysis) is 1. The fourth-order valence-corrected chi connectivity index (χ4v) is 2.81. The molecule has 30 heavy (non-hydrogen) atoms. The van der Waals surface area contributed by atoms with E-state index in [-0.39, 0.29) is 6.42 Å². The number of amides is 1. The summed E-state index contributed by atoms with van der Waals surface area (Å²) in [6.45, 7) is 15.7. The maximum atomic E-state index is 12.7.